The van der Waals surface area contributed by atoms with E-state index in [1.165, 1.54) is 0 Å². The Hall–Kier alpha value is 0.0700. The molecule has 0 aliphatic carbocycles. The number of hydrogen-bond acceptors (Lipinski definition) is 3. The van der Waals surface area contributed by atoms with Crippen molar-refractivity contribution in [1.82, 2.24) is 4.90 Å². The first kappa shape index (κ1) is 14.1. The summed E-state index contributed by atoms with van der Waals surface area (Å²) in [6, 6.07) is 0.383. The van der Waals surface area contributed by atoms with Crippen LogP contribution >= 0.6 is 24.2 Å². The predicted octanol–water partition coefficient (Wildman–Crippen LogP) is 0.967. The molecule has 1 heterocycles. The maximum atomic E-state index is 11.6. The molecule has 0 radical (unpaired) electrons. The third kappa shape index (κ3) is 3.33. The van der Waals surface area contributed by atoms with E-state index in [0.717, 1.165) is 13.0 Å². The molecule has 0 aromatic carbocycles. The van der Waals surface area contributed by atoms with Gasteiger partial charge in [-0.1, -0.05) is 0 Å². The molecule has 2 N–H and O–H groups in total. The highest BCUT2D eigenvalue weighted by atomic mass is 35.5. The van der Waals surface area contributed by atoms with Crippen molar-refractivity contribution >= 4 is 30.1 Å². The molecule has 0 saturated carbocycles. The molecule has 0 bridgehead atoms. The van der Waals surface area contributed by atoms with Crippen LogP contribution in [0.25, 0.3) is 0 Å². The molecule has 0 spiro atoms. The van der Waals surface area contributed by atoms with E-state index in [9.17, 15) is 4.79 Å². The number of nitrogens with two attached hydrogens (primary N) is 1. The summed E-state index contributed by atoms with van der Waals surface area (Å²) >= 11 is 1.58. The van der Waals surface area contributed by atoms with E-state index in [1.807, 2.05) is 11.2 Å². The average molecular weight is 239 g/mol. The van der Waals surface area contributed by atoms with Crippen molar-refractivity contribution in [3.63, 3.8) is 0 Å². The number of halogens is 1. The Bertz CT molecular complexity index is 192. The SMILES string of the molecule is CSCC(=O)N1CC(CN)CC1C.Cl. The molecule has 1 amide bonds. The van der Waals surface area contributed by atoms with E-state index in [-0.39, 0.29) is 18.3 Å². The maximum absolute atomic E-state index is 11.6. The molecule has 1 fully saturated rings. The first-order valence-electron chi connectivity index (χ1n) is 4.67. The Morgan fingerprint density at radius 3 is 2.71 bits per heavy atom. The molecule has 2 atom stereocenters. The van der Waals surface area contributed by atoms with Crippen molar-refractivity contribution in [2.75, 3.05) is 25.1 Å². The van der Waals surface area contributed by atoms with Crippen LogP contribution < -0.4 is 5.73 Å². The fourth-order valence-corrected chi connectivity index (χ4v) is 2.28. The van der Waals surface area contributed by atoms with Crippen LogP contribution in [0.3, 0.4) is 0 Å². The van der Waals surface area contributed by atoms with Crippen LogP contribution in [0, 0.1) is 5.92 Å². The normalized spacial score (nSPS) is 26.1. The molecule has 1 saturated heterocycles. The lowest BCUT2D eigenvalue weighted by molar-refractivity contribution is -0.128. The van der Waals surface area contributed by atoms with Crippen LogP contribution in [0.4, 0.5) is 0 Å². The lowest BCUT2D eigenvalue weighted by atomic mass is 10.1. The number of hydrogen-bond donors (Lipinski definition) is 1. The first-order chi connectivity index (χ1) is 6.19. The molecule has 84 valence electrons. The summed E-state index contributed by atoms with van der Waals surface area (Å²) in [7, 11) is 0. The van der Waals surface area contributed by atoms with Gasteiger partial charge in [-0.2, -0.15) is 11.8 Å². The zero-order valence-electron chi connectivity index (χ0n) is 8.73. The zero-order chi connectivity index (χ0) is 9.84. The Balaban J connectivity index is 0.00000169. The second kappa shape index (κ2) is 6.53. The Morgan fingerprint density at radius 1 is 1.64 bits per heavy atom. The van der Waals surface area contributed by atoms with Gasteiger partial charge in [0.25, 0.3) is 0 Å². The maximum Gasteiger partial charge on any atom is 0.232 e. The summed E-state index contributed by atoms with van der Waals surface area (Å²) in [5.41, 5.74) is 5.59. The number of carbonyl (C=O) groups excluding carboxylic acids is 1. The van der Waals surface area contributed by atoms with Crippen molar-refractivity contribution in [3.05, 3.63) is 0 Å². The summed E-state index contributed by atoms with van der Waals surface area (Å²) in [6.07, 6.45) is 3.02. The van der Waals surface area contributed by atoms with Crippen LogP contribution in [-0.4, -0.2) is 41.9 Å². The highest BCUT2D eigenvalue weighted by Gasteiger charge is 2.30. The van der Waals surface area contributed by atoms with Crippen molar-refractivity contribution in [1.29, 1.82) is 0 Å². The van der Waals surface area contributed by atoms with Crippen LogP contribution in [-0.2, 0) is 4.79 Å². The second-order valence-electron chi connectivity index (χ2n) is 3.67. The summed E-state index contributed by atoms with van der Waals surface area (Å²) < 4.78 is 0. The zero-order valence-corrected chi connectivity index (χ0v) is 10.4. The third-order valence-electron chi connectivity index (χ3n) is 2.58. The molecular formula is C9H19ClN2OS. The fraction of sp³-hybridized carbons (Fsp3) is 0.889. The van der Waals surface area contributed by atoms with Crippen molar-refractivity contribution in [2.45, 2.75) is 19.4 Å². The topological polar surface area (TPSA) is 46.3 Å². The fourth-order valence-electron chi connectivity index (χ4n) is 1.87. The van der Waals surface area contributed by atoms with Gasteiger partial charge in [0, 0.05) is 12.6 Å². The minimum atomic E-state index is 0. The van der Waals surface area contributed by atoms with Gasteiger partial charge >= 0.3 is 0 Å². The lowest BCUT2D eigenvalue weighted by Crippen LogP contribution is -2.35. The number of thioether (sulfide) groups is 1. The van der Waals surface area contributed by atoms with Gasteiger partial charge in [-0.25, -0.2) is 0 Å². The average Bonchev–Trinajstić information content (AvgIpc) is 2.47. The van der Waals surface area contributed by atoms with Crippen molar-refractivity contribution in [3.8, 4) is 0 Å². The van der Waals surface area contributed by atoms with Gasteiger partial charge in [-0.05, 0) is 32.1 Å². The molecule has 0 aromatic heterocycles. The number of likely N-dealkylation sites (tertiary alicyclic amines) is 1. The van der Waals surface area contributed by atoms with E-state index in [4.69, 9.17) is 5.73 Å². The number of amides is 1. The Morgan fingerprint density at radius 2 is 2.29 bits per heavy atom. The molecule has 0 aromatic rings. The molecule has 2 unspecified atom stereocenters. The van der Waals surface area contributed by atoms with Gasteiger partial charge in [0.15, 0.2) is 0 Å². The van der Waals surface area contributed by atoms with E-state index in [1.54, 1.807) is 11.8 Å². The van der Waals surface area contributed by atoms with Gasteiger partial charge in [-0.3, -0.25) is 4.79 Å². The first-order valence-corrected chi connectivity index (χ1v) is 6.07. The van der Waals surface area contributed by atoms with Crippen molar-refractivity contribution in [2.24, 2.45) is 11.7 Å². The minimum absolute atomic E-state index is 0. The summed E-state index contributed by atoms with van der Waals surface area (Å²) in [5.74, 6) is 1.37. The Labute approximate surface area is 96.2 Å². The number of nitrogens with zero attached hydrogens (tertiary/aromatic N) is 1. The smallest absolute Gasteiger partial charge is 0.232 e. The highest BCUT2D eigenvalue weighted by Crippen LogP contribution is 2.22. The molecule has 14 heavy (non-hydrogen) atoms. The molecule has 1 aliphatic heterocycles. The monoisotopic (exact) mass is 238 g/mol. The molecule has 3 nitrogen and oxygen atoms in total. The van der Waals surface area contributed by atoms with Crippen LogP contribution in [0.15, 0.2) is 0 Å². The van der Waals surface area contributed by atoms with Gasteiger partial charge in [0.05, 0.1) is 5.75 Å². The largest absolute Gasteiger partial charge is 0.339 e. The van der Waals surface area contributed by atoms with Crippen LogP contribution in [0.1, 0.15) is 13.3 Å². The van der Waals surface area contributed by atoms with E-state index >= 15 is 0 Å². The minimum Gasteiger partial charge on any atom is -0.339 e. The Kier molecular flexibility index (Phi) is 6.57. The van der Waals surface area contributed by atoms with Crippen LogP contribution in [0.5, 0.6) is 0 Å². The molecule has 5 heteroatoms. The summed E-state index contributed by atoms with van der Waals surface area (Å²) in [5, 5.41) is 0. The third-order valence-corrected chi connectivity index (χ3v) is 3.12. The molecular weight excluding hydrogens is 220 g/mol. The van der Waals surface area contributed by atoms with E-state index in [2.05, 4.69) is 6.92 Å². The second-order valence-corrected chi connectivity index (χ2v) is 4.53. The molecule has 1 aliphatic rings. The van der Waals surface area contributed by atoms with Gasteiger partial charge in [0.2, 0.25) is 5.91 Å². The van der Waals surface area contributed by atoms with E-state index in [0.29, 0.717) is 24.3 Å². The predicted molar refractivity (Wildman–Crippen MR) is 64.0 cm³/mol. The van der Waals surface area contributed by atoms with Crippen molar-refractivity contribution < 1.29 is 4.79 Å². The number of rotatable bonds is 3. The van der Waals surface area contributed by atoms with Gasteiger partial charge in [-0.15, -0.1) is 12.4 Å². The quantitative estimate of drug-likeness (QED) is 0.797. The van der Waals surface area contributed by atoms with Crippen LogP contribution in [0.2, 0.25) is 0 Å². The summed E-state index contributed by atoms with van der Waals surface area (Å²) in [6.45, 7) is 3.67. The van der Waals surface area contributed by atoms with E-state index < -0.39 is 0 Å². The van der Waals surface area contributed by atoms with Gasteiger partial charge < -0.3 is 10.6 Å². The summed E-state index contributed by atoms with van der Waals surface area (Å²) in [4.78, 5) is 13.5. The highest BCUT2D eigenvalue weighted by molar-refractivity contribution is 7.99. The lowest BCUT2D eigenvalue weighted by Gasteiger charge is -2.20. The number of carbonyl (C=O) groups is 1. The standard InChI is InChI=1S/C9H18N2OS.ClH/c1-7-3-8(4-10)5-11(7)9(12)6-13-2;/h7-8H,3-6,10H2,1-2H3;1H. The molecule has 1 rings (SSSR count). The van der Waals surface area contributed by atoms with Gasteiger partial charge in [0.1, 0.15) is 0 Å².